The fourth-order valence-corrected chi connectivity index (χ4v) is 2.19. The molecule has 1 aliphatic rings. The molecule has 0 unspecified atom stereocenters. The molecule has 1 aliphatic carbocycles. The minimum atomic E-state index is -0.154. The molecule has 4 heteroatoms. The summed E-state index contributed by atoms with van der Waals surface area (Å²) in [4.78, 5) is 24.0. The molecule has 0 radical (unpaired) electrons. The Kier molecular flexibility index (Phi) is 3.92. The molecule has 2 N–H and O–H groups in total. The largest absolute Gasteiger partial charge is 0.349 e. The third-order valence-corrected chi connectivity index (χ3v) is 3.60. The second kappa shape index (κ2) is 6.02. The van der Waals surface area contributed by atoms with Crippen molar-refractivity contribution in [2.24, 2.45) is 0 Å². The molecule has 4 nitrogen and oxygen atoms in total. The molecule has 112 valence electrons. The lowest BCUT2D eigenvalue weighted by Gasteiger charge is -2.07. The normalized spacial score (nSPS) is 13.5. The van der Waals surface area contributed by atoms with Crippen molar-refractivity contribution >= 4 is 17.5 Å². The quantitative estimate of drug-likeness (QED) is 0.910. The molecular formula is C18H18N2O2. The van der Waals surface area contributed by atoms with E-state index in [1.54, 1.807) is 30.3 Å². The van der Waals surface area contributed by atoms with Gasteiger partial charge in [-0.25, -0.2) is 0 Å². The summed E-state index contributed by atoms with van der Waals surface area (Å²) in [6, 6.07) is 14.7. The Morgan fingerprint density at radius 3 is 2.32 bits per heavy atom. The van der Waals surface area contributed by atoms with Gasteiger partial charge in [-0.1, -0.05) is 17.7 Å². The molecule has 2 aromatic carbocycles. The van der Waals surface area contributed by atoms with E-state index in [0.29, 0.717) is 22.9 Å². The zero-order valence-corrected chi connectivity index (χ0v) is 12.4. The number of benzene rings is 2. The van der Waals surface area contributed by atoms with Crippen molar-refractivity contribution in [1.82, 2.24) is 5.32 Å². The number of carbonyl (C=O) groups is 2. The maximum atomic E-state index is 12.1. The van der Waals surface area contributed by atoms with E-state index >= 15 is 0 Å². The molecular weight excluding hydrogens is 276 g/mol. The van der Waals surface area contributed by atoms with Crippen molar-refractivity contribution in [1.29, 1.82) is 0 Å². The summed E-state index contributed by atoms with van der Waals surface area (Å²) in [6.07, 6.45) is 2.13. The van der Waals surface area contributed by atoms with Crippen LogP contribution in [0.1, 0.15) is 39.1 Å². The Morgan fingerprint density at radius 1 is 0.955 bits per heavy atom. The summed E-state index contributed by atoms with van der Waals surface area (Å²) in [7, 11) is 0. The molecule has 0 aromatic heterocycles. The van der Waals surface area contributed by atoms with E-state index in [9.17, 15) is 9.59 Å². The first-order chi connectivity index (χ1) is 10.6. The number of carbonyl (C=O) groups excluding carboxylic acids is 2. The van der Waals surface area contributed by atoms with Gasteiger partial charge in [0, 0.05) is 22.9 Å². The monoisotopic (exact) mass is 294 g/mol. The second-order valence-electron chi connectivity index (χ2n) is 5.65. The highest BCUT2D eigenvalue weighted by Gasteiger charge is 2.23. The van der Waals surface area contributed by atoms with E-state index in [-0.39, 0.29) is 11.8 Å². The van der Waals surface area contributed by atoms with E-state index in [4.69, 9.17) is 0 Å². The predicted octanol–water partition coefficient (Wildman–Crippen LogP) is 3.14. The van der Waals surface area contributed by atoms with Crippen LogP contribution in [0.15, 0.2) is 48.5 Å². The Labute approximate surface area is 129 Å². The molecule has 1 saturated carbocycles. The lowest BCUT2D eigenvalue weighted by atomic mass is 10.1. The predicted molar refractivity (Wildman–Crippen MR) is 86.1 cm³/mol. The maximum Gasteiger partial charge on any atom is 0.255 e. The van der Waals surface area contributed by atoms with Crippen molar-refractivity contribution in [3.8, 4) is 0 Å². The van der Waals surface area contributed by atoms with Gasteiger partial charge in [0.2, 0.25) is 0 Å². The molecule has 2 aromatic rings. The lowest BCUT2D eigenvalue weighted by molar-refractivity contribution is 0.0950. The maximum absolute atomic E-state index is 12.1. The Balaban J connectivity index is 1.65. The van der Waals surface area contributed by atoms with Crippen molar-refractivity contribution in [2.45, 2.75) is 25.8 Å². The van der Waals surface area contributed by atoms with Crippen LogP contribution in [0.4, 0.5) is 5.69 Å². The van der Waals surface area contributed by atoms with Crippen molar-refractivity contribution in [3.05, 3.63) is 65.2 Å². The van der Waals surface area contributed by atoms with Gasteiger partial charge in [-0.05, 0) is 56.2 Å². The molecule has 0 atom stereocenters. The van der Waals surface area contributed by atoms with Crippen LogP contribution >= 0.6 is 0 Å². The summed E-state index contributed by atoms with van der Waals surface area (Å²) in [5, 5.41) is 5.77. The summed E-state index contributed by atoms with van der Waals surface area (Å²) in [6.45, 7) is 1.95. The van der Waals surface area contributed by atoms with Crippen LogP contribution in [0.3, 0.4) is 0 Å². The van der Waals surface area contributed by atoms with Crippen LogP contribution in [0.2, 0.25) is 0 Å². The van der Waals surface area contributed by atoms with Crippen LogP contribution in [0, 0.1) is 6.92 Å². The summed E-state index contributed by atoms with van der Waals surface area (Å²) >= 11 is 0. The molecule has 1 fully saturated rings. The lowest BCUT2D eigenvalue weighted by Crippen LogP contribution is -2.25. The van der Waals surface area contributed by atoms with Crippen molar-refractivity contribution in [2.75, 3.05) is 5.32 Å². The number of rotatable bonds is 4. The smallest absolute Gasteiger partial charge is 0.255 e. The van der Waals surface area contributed by atoms with E-state index in [2.05, 4.69) is 10.6 Å². The van der Waals surface area contributed by atoms with Crippen LogP contribution in [-0.2, 0) is 0 Å². The van der Waals surface area contributed by atoms with E-state index in [1.165, 1.54) is 0 Å². The van der Waals surface area contributed by atoms with Gasteiger partial charge < -0.3 is 10.6 Å². The number of hydrogen-bond donors (Lipinski definition) is 2. The fourth-order valence-electron chi connectivity index (χ4n) is 2.19. The van der Waals surface area contributed by atoms with E-state index in [0.717, 1.165) is 18.4 Å². The highest BCUT2D eigenvalue weighted by atomic mass is 16.2. The summed E-state index contributed by atoms with van der Waals surface area (Å²) in [5.41, 5.74) is 2.95. The molecule has 0 bridgehead atoms. The van der Waals surface area contributed by atoms with Gasteiger partial charge in [-0.2, -0.15) is 0 Å². The van der Waals surface area contributed by atoms with E-state index in [1.807, 2.05) is 25.1 Å². The molecule has 0 saturated heterocycles. The van der Waals surface area contributed by atoms with Gasteiger partial charge in [0.1, 0.15) is 0 Å². The van der Waals surface area contributed by atoms with Crippen LogP contribution in [-0.4, -0.2) is 17.9 Å². The summed E-state index contributed by atoms with van der Waals surface area (Å²) < 4.78 is 0. The number of anilines is 1. The number of nitrogens with one attached hydrogen (secondary N) is 2. The molecule has 0 heterocycles. The van der Waals surface area contributed by atoms with Crippen LogP contribution in [0.5, 0.6) is 0 Å². The van der Waals surface area contributed by atoms with Gasteiger partial charge in [-0.15, -0.1) is 0 Å². The molecule has 0 spiro atoms. The SMILES string of the molecule is Cc1cccc(C(=O)Nc2ccc(C(=O)NC3CC3)cc2)c1. The second-order valence-corrected chi connectivity index (χ2v) is 5.65. The first kappa shape index (κ1) is 14.3. The van der Waals surface area contributed by atoms with E-state index < -0.39 is 0 Å². The average molecular weight is 294 g/mol. The topological polar surface area (TPSA) is 58.2 Å². The third kappa shape index (κ3) is 3.52. The minimum Gasteiger partial charge on any atom is -0.349 e. The van der Waals surface area contributed by atoms with Crippen molar-refractivity contribution < 1.29 is 9.59 Å². The fraction of sp³-hybridized carbons (Fsp3) is 0.222. The van der Waals surface area contributed by atoms with Gasteiger partial charge in [0.25, 0.3) is 11.8 Å². The number of aryl methyl sites for hydroxylation is 1. The Morgan fingerprint density at radius 2 is 1.68 bits per heavy atom. The number of hydrogen-bond acceptors (Lipinski definition) is 2. The van der Waals surface area contributed by atoms with Gasteiger partial charge in [-0.3, -0.25) is 9.59 Å². The van der Waals surface area contributed by atoms with Crippen LogP contribution < -0.4 is 10.6 Å². The van der Waals surface area contributed by atoms with Gasteiger partial charge in [0.15, 0.2) is 0 Å². The molecule has 0 aliphatic heterocycles. The molecule has 3 rings (SSSR count). The standard InChI is InChI=1S/C18H18N2O2/c1-12-3-2-4-14(11-12)18(22)20-15-7-5-13(6-8-15)17(21)19-16-9-10-16/h2-8,11,16H,9-10H2,1H3,(H,19,21)(H,20,22). The average Bonchev–Trinajstić information content (AvgIpc) is 3.32. The highest BCUT2D eigenvalue weighted by molar-refractivity contribution is 6.04. The molecule has 2 amide bonds. The zero-order valence-electron chi connectivity index (χ0n) is 12.4. The van der Waals surface area contributed by atoms with Crippen molar-refractivity contribution in [3.63, 3.8) is 0 Å². The third-order valence-electron chi connectivity index (χ3n) is 3.60. The Hall–Kier alpha value is -2.62. The van der Waals surface area contributed by atoms with Gasteiger partial charge >= 0.3 is 0 Å². The van der Waals surface area contributed by atoms with Crippen LogP contribution in [0.25, 0.3) is 0 Å². The first-order valence-corrected chi connectivity index (χ1v) is 7.41. The van der Waals surface area contributed by atoms with Gasteiger partial charge in [0.05, 0.1) is 0 Å². The first-order valence-electron chi connectivity index (χ1n) is 7.41. The molecule has 22 heavy (non-hydrogen) atoms. The zero-order chi connectivity index (χ0) is 15.5. The highest BCUT2D eigenvalue weighted by Crippen LogP contribution is 2.19. The summed E-state index contributed by atoms with van der Waals surface area (Å²) in [5.74, 6) is -0.210. The Bertz CT molecular complexity index is 703. The number of amides is 2. The minimum absolute atomic E-state index is 0.0564.